The molecule has 0 spiro atoms. The predicted octanol–water partition coefficient (Wildman–Crippen LogP) is 2.60. The first kappa shape index (κ1) is 16.0. The number of ether oxygens (including phenoxy) is 2. The van der Waals surface area contributed by atoms with Gasteiger partial charge in [-0.25, -0.2) is 9.18 Å². The molecule has 0 N–H and O–H groups in total. The van der Waals surface area contributed by atoms with Crippen molar-refractivity contribution in [3.8, 4) is 0 Å². The molecule has 0 amide bonds. The van der Waals surface area contributed by atoms with E-state index in [-0.39, 0.29) is 25.3 Å². The summed E-state index contributed by atoms with van der Waals surface area (Å²) in [6.45, 7) is 3.86. The Kier molecular flexibility index (Phi) is 4.80. The molecule has 0 atom stereocenters. The van der Waals surface area contributed by atoms with Gasteiger partial charge in [0.15, 0.2) is 0 Å². The van der Waals surface area contributed by atoms with Crippen LogP contribution in [0.15, 0.2) is 18.2 Å². The van der Waals surface area contributed by atoms with E-state index in [4.69, 9.17) is 9.47 Å². The number of hydrogen-bond donors (Lipinski definition) is 0. The largest absolute Gasteiger partial charge is 0.466 e. The Balaban J connectivity index is 2.61. The third kappa shape index (κ3) is 2.95. The van der Waals surface area contributed by atoms with E-state index in [1.165, 1.54) is 12.1 Å². The molecule has 0 saturated heterocycles. The minimum Gasteiger partial charge on any atom is -0.466 e. The third-order valence-corrected chi connectivity index (χ3v) is 3.36. The van der Waals surface area contributed by atoms with E-state index in [2.05, 4.69) is 0 Å². The maximum absolute atomic E-state index is 13.6. The van der Waals surface area contributed by atoms with Crippen molar-refractivity contribution >= 4 is 22.8 Å². The van der Waals surface area contributed by atoms with Gasteiger partial charge in [0.25, 0.3) is 0 Å². The van der Waals surface area contributed by atoms with Crippen LogP contribution in [0.5, 0.6) is 0 Å². The van der Waals surface area contributed by atoms with Crippen LogP contribution in [0.4, 0.5) is 4.39 Å². The van der Waals surface area contributed by atoms with E-state index in [1.807, 2.05) is 0 Å². The average molecular weight is 307 g/mol. The fourth-order valence-corrected chi connectivity index (χ4v) is 2.49. The van der Waals surface area contributed by atoms with Gasteiger partial charge in [-0.05, 0) is 32.0 Å². The summed E-state index contributed by atoms with van der Waals surface area (Å²) < 4.78 is 25.1. The zero-order valence-corrected chi connectivity index (χ0v) is 12.8. The summed E-state index contributed by atoms with van der Waals surface area (Å²) in [6.07, 6.45) is -0.108. The van der Waals surface area contributed by atoms with Crippen molar-refractivity contribution in [3.05, 3.63) is 35.3 Å². The third-order valence-electron chi connectivity index (χ3n) is 3.36. The molecule has 6 heteroatoms. The lowest BCUT2D eigenvalue weighted by Gasteiger charge is -2.07. The lowest BCUT2D eigenvalue weighted by atomic mass is 10.1. The lowest BCUT2D eigenvalue weighted by molar-refractivity contribution is -0.142. The van der Waals surface area contributed by atoms with Crippen LogP contribution >= 0.6 is 0 Å². The molecule has 2 aromatic rings. The topological polar surface area (TPSA) is 57.5 Å². The molecule has 0 bridgehead atoms. The summed E-state index contributed by atoms with van der Waals surface area (Å²) in [5.41, 5.74) is 1.33. The first-order chi connectivity index (χ1) is 10.5. The van der Waals surface area contributed by atoms with Gasteiger partial charge in [-0.1, -0.05) is 0 Å². The number of nitrogens with zero attached hydrogens (tertiary/aromatic N) is 1. The van der Waals surface area contributed by atoms with Crippen molar-refractivity contribution in [2.45, 2.75) is 20.3 Å². The van der Waals surface area contributed by atoms with Crippen molar-refractivity contribution in [3.63, 3.8) is 0 Å². The smallest absolute Gasteiger partial charge is 0.355 e. The zero-order chi connectivity index (χ0) is 16.3. The summed E-state index contributed by atoms with van der Waals surface area (Å²) in [6, 6.07) is 4.19. The van der Waals surface area contributed by atoms with Gasteiger partial charge in [-0.2, -0.15) is 0 Å². The van der Waals surface area contributed by atoms with E-state index in [1.54, 1.807) is 31.5 Å². The standard InChI is InChI=1S/C16H18FNO4/c1-4-21-14(19)9-12-11-8-10(17)6-7-13(11)18(3)15(12)16(20)22-5-2/h6-8H,4-5,9H2,1-3H3. The van der Waals surface area contributed by atoms with Crippen LogP contribution in [-0.4, -0.2) is 29.7 Å². The second kappa shape index (κ2) is 6.60. The second-order valence-electron chi connectivity index (χ2n) is 4.75. The number of halogens is 1. The normalized spacial score (nSPS) is 10.7. The molecule has 2 rings (SSSR count). The second-order valence-corrected chi connectivity index (χ2v) is 4.75. The monoisotopic (exact) mass is 307 g/mol. The summed E-state index contributed by atoms with van der Waals surface area (Å²) in [5.74, 6) is -1.44. The number of fused-ring (bicyclic) bond motifs is 1. The van der Waals surface area contributed by atoms with Gasteiger partial charge in [0.05, 0.1) is 19.6 Å². The molecule has 0 aliphatic rings. The molecule has 1 aromatic heterocycles. The Morgan fingerprint density at radius 1 is 1.18 bits per heavy atom. The number of carbonyl (C=O) groups is 2. The van der Waals surface area contributed by atoms with Gasteiger partial charge >= 0.3 is 11.9 Å². The molecule has 0 radical (unpaired) electrons. The molecule has 0 saturated carbocycles. The molecule has 5 nitrogen and oxygen atoms in total. The molecule has 0 aliphatic heterocycles. The fourth-order valence-electron chi connectivity index (χ4n) is 2.49. The highest BCUT2D eigenvalue weighted by Crippen LogP contribution is 2.27. The first-order valence-corrected chi connectivity index (χ1v) is 7.09. The summed E-state index contributed by atoms with van der Waals surface area (Å²) in [5, 5.41) is 0.513. The Labute approximate surface area is 127 Å². The van der Waals surface area contributed by atoms with E-state index in [0.717, 1.165) is 0 Å². The summed E-state index contributed by atoms with van der Waals surface area (Å²) in [4.78, 5) is 24.0. The number of hydrogen-bond acceptors (Lipinski definition) is 4. The molecule has 0 aliphatic carbocycles. The van der Waals surface area contributed by atoms with Crippen LogP contribution < -0.4 is 0 Å². The van der Waals surface area contributed by atoms with Crippen molar-refractivity contribution in [1.82, 2.24) is 4.57 Å². The van der Waals surface area contributed by atoms with Crippen LogP contribution in [0.3, 0.4) is 0 Å². The number of aryl methyl sites for hydroxylation is 1. The molecule has 1 heterocycles. The molecule has 0 unspecified atom stereocenters. The van der Waals surface area contributed by atoms with Crippen LogP contribution in [-0.2, 0) is 27.7 Å². The van der Waals surface area contributed by atoms with Gasteiger partial charge in [-0.3, -0.25) is 4.79 Å². The van der Waals surface area contributed by atoms with Gasteiger partial charge in [-0.15, -0.1) is 0 Å². The van der Waals surface area contributed by atoms with E-state index in [0.29, 0.717) is 16.5 Å². The number of benzene rings is 1. The average Bonchev–Trinajstić information content (AvgIpc) is 2.72. The number of esters is 2. The zero-order valence-electron chi connectivity index (χ0n) is 12.8. The molecule has 118 valence electrons. The minimum atomic E-state index is -0.541. The van der Waals surface area contributed by atoms with Crippen LogP contribution in [0.25, 0.3) is 10.9 Å². The maximum Gasteiger partial charge on any atom is 0.355 e. The van der Waals surface area contributed by atoms with Crippen molar-refractivity contribution < 1.29 is 23.5 Å². The Bertz CT molecular complexity index is 720. The predicted molar refractivity (Wildman–Crippen MR) is 79.2 cm³/mol. The number of rotatable bonds is 5. The van der Waals surface area contributed by atoms with Crippen molar-refractivity contribution in [2.75, 3.05) is 13.2 Å². The van der Waals surface area contributed by atoms with Gasteiger partial charge < -0.3 is 14.0 Å². The fraction of sp³-hybridized carbons (Fsp3) is 0.375. The molecule has 22 heavy (non-hydrogen) atoms. The highest BCUT2D eigenvalue weighted by Gasteiger charge is 2.24. The number of aromatic nitrogens is 1. The van der Waals surface area contributed by atoms with E-state index in [9.17, 15) is 14.0 Å². The van der Waals surface area contributed by atoms with Crippen molar-refractivity contribution in [1.29, 1.82) is 0 Å². The molecule has 0 fully saturated rings. The Morgan fingerprint density at radius 3 is 2.50 bits per heavy atom. The van der Waals surface area contributed by atoms with E-state index < -0.39 is 17.8 Å². The Morgan fingerprint density at radius 2 is 1.86 bits per heavy atom. The van der Waals surface area contributed by atoms with Crippen LogP contribution in [0, 0.1) is 5.82 Å². The molecular weight excluding hydrogens is 289 g/mol. The highest BCUT2D eigenvalue weighted by atomic mass is 19.1. The van der Waals surface area contributed by atoms with E-state index >= 15 is 0 Å². The Hall–Kier alpha value is -2.37. The number of carbonyl (C=O) groups excluding carboxylic acids is 2. The quantitative estimate of drug-likeness (QED) is 0.797. The van der Waals surface area contributed by atoms with Gasteiger partial charge in [0, 0.05) is 23.5 Å². The lowest BCUT2D eigenvalue weighted by Crippen LogP contribution is -2.15. The van der Waals surface area contributed by atoms with Gasteiger partial charge in [0.2, 0.25) is 0 Å². The maximum atomic E-state index is 13.6. The highest BCUT2D eigenvalue weighted by molar-refractivity contribution is 6.01. The molecule has 1 aromatic carbocycles. The van der Waals surface area contributed by atoms with Gasteiger partial charge in [0.1, 0.15) is 11.5 Å². The van der Waals surface area contributed by atoms with Crippen LogP contribution in [0.1, 0.15) is 29.9 Å². The minimum absolute atomic E-state index is 0.108. The molecular formula is C16H18FNO4. The summed E-state index contributed by atoms with van der Waals surface area (Å²) in [7, 11) is 1.68. The summed E-state index contributed by atoms with van der Waals surface area (Å²) >= 11 is 0. The first-order valence-electron chi connectivity index (χ1n) is 7.09. The SMILES string of the molecule is CCOC(=O)Cc1c(C(=O)OCC)n(C)c2ccc(F)cc12. The van der Waals surface area contributed by atoms with Crippen LogP contribution in [0.2, 0.25) is 0 Å². The van der Waals surface area contributed by atoms with Crippen molar-refractivity contribution in [2.24, 2.45) is 7.05 Å².